The number of fused-ring (bicyclic) bond motifs is 2. The first-order valence-electron chi connectivity index (χ1n) is 8.48. The summed E-state index contributed by atoms with van der Waals surface area (Å²) in [6, 6.07) is 11.3. The number of benzene rings is 2. The Hall–Kier alpha value is -3.29. The number of rotatable bonds is 2. The molecule has 0 aromatic heterocycles. The average molecular weight is 427 g/mol. The van der Waals surface area contributed by atoms with E-state index in [0.29, 0.717) is 23.0 Å². The normalized spacial score (nSPS) is 16.5. The standard InChI is InChI=1S/C20H12Cl2N4O3/c21-14-6-8-18-23-19(15-4-2-1-3-13(15)10-25(18)11-14)24-20(27)12-5-7-16(22)17(9-12)26(28)29/h1-9,11H,10H2. The summed E-state index contributed by atoms with van der Waals surface area (Å²) in [5.41, 5.74) is 1.31. The van der Waals surface area contributed by atoms with Crippen LogP contribution in [0.5, 0.6) is 0 Å². The lowest BCUT2D eigenvalue weighted by Crippen LogP contribution is -2.25. The summed E-state index contributed by atoms with van der Waals surface area (Å²) in [6.07, 6.45) is 5.20. The van der Waals surface area contributed by atoms with E-state index in [1.165, 1.54) is 12.1 Å². The van der Waals surface area contributed by atoms with E-state index in [1.807, 2.05) is 29.2 Å². The van der Waals surface area contributed by atoms with Gasteiger partial charge in [0.1, 0.15) is 10.9 Å². The fourth-order valence-electron chi connectivity index (χ4n) is 3.00. The van der Waals surface area contributed by atoms with E-state index in [-0.39, 0.29) is 22.1 Å². The van der Waals surface area contributed by atoms with Crippen LogP contribution in [-0.4, -0.2) is 27.4 Å². The van der Waals surface area contributed by atoms with Gasteiger partial charge in [0.2, 0.25) is 0 Å². The van der Waals surface area contributed by atoms with Crippen LogP contribution in [0.15, 0.2) is 75.8 Å². The molecular weight excluding hydrogens is 415 g/mol. The molecule has 0 N–H and O–H groups in total. The lowest BCUT2D eigenvalue weighted by atomic mass is 10.1. The first-order chi connectivity index (χ1) is 13.9. The van der Waals surface area contributed by atoms with Crippen molar-refractivity contribution in [1.82, 2.24) is 4.90 Å². The maximum absolute atomic E-state index is 12.7. The molecule has 2 aliphatic heterocycles. The van der Waals surface area contributed by atoms with Crippen LogP contribution in [0.4, 0.5) is 5.69 Å². The first-order valence-corrected chi connectivity index (χ1v) is 9.24. The smallest absolute Gasteiger partial charge is 0.288 e. The Morgan fingerprint density at radius 1 is 1.17 bits per heavy atom. The van der Waals surface area contributed by atoms with Gasteiger partial charge in [-0.3, -0.25) is 14.9 Å². The zero-order chi connectivity index (χ0) is 20.5. The molecule has 2 aliphatic rings. The van der Waals surface area contributed by atoms with Gasteiger partial charge in [-0.25, -0.2) is 4.99 Å². The number of amidine groups is 2. The highest BCUT2D eigenvalue weighted by Gasteiger charge is 2.22. The second-order valence-electron chi connectivity index (χ2n) is 6.27. The molecular formula is C20H12Cl2N4O3. The van der Waals surface area contributed by atoms with Gasteiger partial charge < -0.3 is 4.90 Å². The molecule has 0 aliphatic carbocycles. The summed E-state index contributed by atoms with van der Waals surface area (Å²) >= 11 is 11.9. The highest BCUT2D eigenvalue weighted by Crippen LogP contribution is 2.26. The predicted octanol–water partition coefficient (Wildman–Crippen LogP) is 4.70. The molecule has 0 fully saturated rings. The molecule has 0 bridgehead atoms. The molecule has 144 valence electrons. The van der Waals surface area contributed by atoms with Gasteiger partial charge in [0.05, 0.1) is 9.96 Å². The molecule has 7 nitrogen and oxygen atoms in total. The van der Waals surface area contributed by atoms with Crippen LogP contribution in [0, 0.1) is 10.1 Å². The molecule has 0 saturated heterocycles. The number of carbonyl (C=O) groups is 1. The molecule has 2 aromatic carbocycles. The summed E-state index contributed by atoms with van der Waals surface area (Å²) in [7, 11) is 0. The third-order valence-corrected chi connectivity index (χ3v) is 4.92. The van der Waals surface area contributed by atoms with E-state index in [4.69, 9.17) is 23.2 Å². The molecule has 2 heterocycles. The Balaban J connectivity index is 1.80. The van der Waals surface area contributed by atoms with E-state index < -0.39 is 10.8 Å². The van der Waals surface area contributed by atoms with Crippen LogP contribution in [0.1, 0.15) is 21.5 Å². The van der Waals surface area contributed by atoms with Crippen LogP contribution in [-0.2, 0) is 6.54 Å². The summed E-state index contributed by atoms with van der Waals surface area (Å²) in [4.78, 5) is 33.8. The Bertz CT molecular complexity index is 1170. The number of nitro benzene ring substituents is 1. The topological polar surface area (TPSA) is 88.2 Å². The summed E-state index contributed by atoms with van der Waals surface area (Å²) in [5.74, 6) is 0.150. The van der Waals surface area contributed by atoms with Crippen molar-refractivity contribution in [2.75, 3.05) is 0 Å². The van der Waals surface area contributed by atoms with Crippen molar-refractivity contribution < 1.29 is 9.72 Å². The predicted molar refractivity (Wildman–Crippen MR) is 111 cm³/mol. The summed E-state index contributed by atoms with van der Waals surface area (Å²) in [6.45, 7) is 0.509. The molecule has 0 radical (unpaired) electrons. The molecule has 2 aromatic rings. The van der Waals surface area contributed by atoms with Gasteiger partial charge in [-0.2, -0.15) is 4.99 Å². The number of carbonyl (C=O) groups excluding carboxylic acids is 1. The maximum atomic E-state index is 12.7. The summed E-state index contributed by atoms with van der Waals surface area (Å²) in [5, 5.41) is 11.6. The number of nitro groups is 1. The number of halogens is 2. The van der Waals surface area contributed by atoms with Gasteiger partial charge in [0.25, 0.3) is 11.6 Å². The molecule has 0 atom stereocenters. The number of hydrogen-bond acceptors (Lipinski definition) is 4. The fourth-order valence-corrected chi connectivity index (χ4v) is 3.36. The second kappa shape index (κ2) is 7.62. The zero-order valence-corrected chi connectivity index (χ0v) is 16.3. The van der Waals surface area contributed by atoms with Crippen LogP contribution in [0.25, 0.3) is 0 Å². The highest BCUT2D eigenvalue weighted by atomic mass is 35.5. The Morgan fingerprint density at radius 3 is 2.76 bits per heavy atom. The van der Waals surface area contributed by atoms with Crippen molar-refractivity contribution in [2.24, 2.45) is 9.98 Å². The van der Waals surface area contributed by atoms with Crippen molar-refractivity contribution in [3.63, 3.8) is 0 Å². The summed E-state index contributed by atoms with van der Waals surface area (Å²) < 4.78 is 0. The van der Waals surface area contributed by atoms with E-state index in [0.717, 1.165) is 11.6 Å². The van der Waals surface area contributed by atoms with Gasteiger partial charge in [-0.15, -0.1) is 0 Å². The number of amides is 1. The monoisotopic (exact) mass is 426 g/mol. The Morgan fingerprint density at radius 2 is 1.97 bits per heavy atom. The molecule has 4 rings (SSSR count). The molecule has 1 amide bonds. The van der Waals surface area contributed by atoms with Gasteiger partial charge in [0.15, 0.2) is 5.84 Å². The average Bonchev–Trinajstić information content (AvgIpc) is 2.84. The molecule has 29 heavy (non-hydrogen) atoms. The highest BCUT2D eigenvalue weighted by molar-refractivity contribution is 6.33. The quantitative estimate of drug-likeness (QED) is 0.514. The third-order valence-electron chi connectivity index (χ3n) is 4.38. The first kappa shape index (κ1) is 19.0. The molecule has 9 heteroatoms. The van der Waals surface area contributed by atoms with Crippen LogP contribution in [0.3, 0.4) is 0 Å². The van der Waals surface area contributed by atoms with Gasteiger partial charge in [-0.05, 0) is 29.8 Å². The second-order valence-corrected chi connectivity index (χ2v) is 7.11. The Labute approximate surface area is 175 Å². The van der Waals surface area contributed by atoms with Gasteiger partial charge in [-0.1, -0.05) is 47.5 Å². The number of hydrogen-bond donors (Lipinski definition) is 0. The molecule has 0 saturated carbocycles. The molecule has 0 spiro atoms. The SMILES string of the molecule is O=C(N=C1N=C2C=CC(Cl)=CN2Cc2ccccc21)c1ccc(Cl)c([N+](=O)[O-])c1. The van der Waals surface area contributed by atoms with Crippen molar-refractivity contribution in [2.45, 2.75) is 6.54 Å². The van der Waals surface area contributed by atoms with E-state index in [2.05, 4.69) is 9.98 Å². The minimum Gasteiger partial charge on any atom is -0.327 e. The van der Waals surface area contributed by atoms with Crippen molar-refractivity contribution in [1.29, 1.82) is 0 Å². The number of allylic oxidation sites excluding steroid dienone is 2. The van der Waals surface area contributed by atoms with Crippen molar-refractivity contribution in [3.8, 4) is 0 Å². The van der Waals surface area contributed by atoms with Gasteiger partial charge in [0, 0.05) is 29.9 Å². The number of nitrogens with zero attached hydrogens (tertiary/aromatic N) is 4. The van der Waals surface area contributed by atoms with E-state index >= 15 is 0 Å². The van der Waals surface area contributed by atoms with E-state index in [1.54, 1.807) is 18.4 Å². The van der Waals surface area contributed by atoms with Crippen LogP contribution >= 0.6 is 23.2 Å². The molecule has 0 unspecified atom stereocenters. The number of aliphatic imine (C=N–C) groups is 2. The zero-order valence-electron chi connectivity index (χ0n) is 14.8. The largest absolute Gasteiger partial charge is 0.327 e. The lowest BCUT2D eigenvalue weighted by molar-refractivity contribution is -0.384. The third kappa shape index (κ3) is 3.83. The van der Waals surface area contributed by atoms with Gasteiger partial charge >= 0.3 is 0 Å². The van der Waals surface area contributed by atoms with Crippen LogP contribution in [0.2, 0.25) is 5.02 Å². The maximum Gasteiger partial charge on any atom is 0.288 e. The minimum atomic E-state index is -0.652. The van der Waals surface area contributed by atoms with Crippen molar-refractivity contribution >= 4 is 46.5 Å². The van der Waals surface area contributed by atoms with Crippen LogP contribution < -0.4 is 0 Å². The Kier molecular flexibility index (Phi) is 5.00. The van der Waals surface area contributed by atoms with E-state index in [9.17, 15) is 14.9 Å². The van der Waals surface area contributed by atoms with Crippen molar-refractivity contribution in [3.05, 3.63) is 97.7 Å². The lowest BCUT2D eigenvalue weighted by Gasteiger charge is -2.21. The minimum absolute atomic E-state index is 0.0501. The fraction of sp³-hybridized carbons (Fsp3) is 0.0500.